The average molecular weight is 245 g/mol. The van der Waals surface area contributed by atoms with Crippen LogP contribution in [0.25, 0.3) is 0 Å². The van der Waals surface area contributed by atoms with Gasteiger partial charge < -0.3 is 19.5 Å². The van der Waals surface area contributed by atoms with E-state index in [0.29, 0.717) is 25.4 Å². The molecule has 2 atom stereocenters. The molecule has 17 heavy (non-hydrogen) atoms. The molecule has 0 aromatic rings. The minimum Gasteiger partial charge on any atom is -0.381 e. The van der Waals surface area contributed by atoms with E-state index in [2.05, 4.69) is 5.32 Å². The number of rotatable bonds is 8. The van der Waals surface area contributed by atoms with Gasteiger partial charge in [-0.05, 0) is 39.5 Å². The molecule has 0 saturated heterocycles. The summed E-state index contributed by atoms with van der Waals surface area (Å²) in [5, 5.41) is 3.53. The van der Waals surface area contributed by atoms with Gasteiger partial charge in [0.25, 0.3) is 0 Å². The predicted molar refractivity (Wildman–Crippen MR) is 68.1 cm³/mol. The molecule has 4 nitrogen and oxygen atoms in total. The van der Waals surface area contributed by atoms with Gasteiger partial charge in [0.1, 0.15) is 0 Å². The Bertz CT molecular complexity index is 184. The maximum absolute atomic E-state index is 5.51. The summed E-state index contributed by atoms with van der Waals surface area (Å²) in [6.07, 6.45) is 5.05. The molecule has 0 aliphatic heterocycles. The maximum atomic E-state index is 5.51. The third-order valence-electron chi connectivity index (χ3n) is 3.24. The normalized spacial score (nSPS) is 25.4. The largest absolute Gasteiger partial charge is 0.381 e. The highest BCUT2D eigenvalue weighted by Crippen LogP contribution is 2.20. The fraction of sp³-hybridized carbons (Fsp3) is 1.00. The fourth-order valence-corrected chi connectivity index (χ4v) is 2.35. The molecule has 0 radical (unpaired) electrons. The van der Waals surface area contributed by atoms with Gasteiger partial charge in [0.2, 0.25) is 0 Å². The summed E-state index contributed by atoms with van der Waals surface area (Å²) in [5.41, 5.74) is 0. The van der Waals surface area contributed by atoms with Gasteiger partial charge in [0.15, 0.2) is 6.29 Å². The van der Waals surface area contributed by atoms with E-state index in [1.54, 1.807) is 7.11 Å². The summed E-state index contributed by atoms with van der Waals surface area (Å²) < 4.78 is 16.4. The Morgan fingerprint density at radius 3 is 2.47 bits per heavy atom. The average Bonchev–Trinajstić information content (AvgIpc) is 2.37. The lowest BCUT2D eigenvalue weighted by Gasteiger charge is -2.30. The van der Waals surface area contributed by atoms with Crippen LogP contribution in [-0.4, -0.2) is 45.3 Å². The van der Waals surface area contributed by atoms with E-state index in [1.165, 1.54) is 19.3 Å². The number of nitrogens with one attached hydrogen (secondary N) is 1. The van der Waals surface area contributed by atoms with Crippen molar-refractivity contribution in [3.05, 3.63) is 0 Å². The second-order valence-corrected chi connectivity index (χ2v) is 4.47. The molecule has 1 N–H and O–H groups in total. The van der Waals surface area contributed by atoms with Crippen molar-refractivity contribution in [3.8, 4) is 0 Å². The van der Waals surface area contributed by atoms with Crippen LogP contribution < -0.4 is 5.32 Å². The summed E-state index contributed by atoms with van der Waals surface area (Å²) >= 11 is 0. The molecule has 4 heteroatoms. The van der Waals surface area contributed by atoms with Crippen molar-refractivity contribution in [2.45, 2.75) is 58.0 Å². The summed E-state index contributed by atoms with van der Waals surface area (Å²) in [6, 6.07) is 0.539. The Kier molecular flexibility index (Phi) is 7.77. The number of methoxy groups -OCH3 is 1. The van der Waals surface area contributed by atoms with E-state index < -0.39 is 0 Å². The third-order valence-corrected chi connectivity index (χ3v) is 3.24. The molecule has 102 valence electrons. The molecular weight excluding hydrogens is 218 g/mol. The van der Waals surface area contributed by atoms with Crippen molar-refractivity contribution < 1.29 is 14.2 Å². The standard InChI is InChI=1S/C13H27NO3/c1-4-16-13(17-5-2)10-14-11-7-6-8-12(9-11)15-3/h11-14H,4-10H2,1-3H3. The zero-order valence-corrected chi connectivity index (χ0v) is 11.4. The van der Waals surface area contributed by atoms with Gasteiger partial charge in [-0.3, -0.25) is 0 Å². The Hall–Kier alpha value is -0.160. The molecule has 0 aromatic heterocycles. The molecule has 1 aliphatic rings. The maximum Gasteiger partial charge on any atom is 0.169 e. The molecule has 1 rings (SSSR count). The summed E-state index contributed by atoms with van der Waals surface area (Å²) in [6.45, 7) is 6.14. The smallest absolute Gasteiger partial charge is 0.169 e. The van der Waals surface area contributed by atoms with Crippen LogP contribution in [0.2, 0.25) is 0 Å². The molecule has 1 aliphatic carbocycles. The van der Waals surface area contributed by atoms with Crippen molar-refractivity contribution in [1.29, 1.82) is 0 Å². The molecule has 0 heterocycles. The monoisotopic (exact) mass is 245 g/mol. The molecule has 0 aromatic carbocycles. The van der Waals surface area contributed by atoms with Gasteiger partial charge in [-0.15, -0.1) is 0 Å². The minimum atomic E-state index is -0.118. The zero-order valence-electron chi connectivity index (χ0n) is 11.4. The lowest BCUT2D eigenvalue weighted by atomic mass is 9.93. The van der Waals surface area contributed by atoms with E-state index >= 15 is 0 Å². The Labute approximate surface area is 105 Å². The van der Waals surface area contributed by atoms with Crippen LogP contribution in [-0.2, 0) is 14.2 Å². The first-order valence-corrected chi connectivity index (χ1v) is 6.79. The quantitative estimate of drug-likeness (QED) is 0.663. The molecule has 0 amide bonds. The number of ether oxygens (including phenoxy) is 3. The van der Waals surface area contributed by atoms with Crippen molar-refractivity contribution >= 4 is 0 Å². The van der Waals surface area contributed by atoms with Crippen LogP contribution in [0.4, 0.5) is 0 Å². The van der Waals surface area contributed by atoms with Crippen LogP contribution in [0.5, 0.6) is 0 Å². The van der Waals surface area contributed by atoms with Crippen molar-refractivity contribution in [3.63, 3.8) is 0 Å². The molecule has 0 bridgehead atoms. The number of hydrogen-bond acceptors (Lipinski definition) is 4. The van der Waals surface area contributed by atoms with Gasteiger partial charge in [0, 0.05) is 32.9 Å². The van der Waals surface area contributed by atoms with Crippen LogP contribution in [0, 0.1) is 0 Å². The molecule has 1 saturated carbocycles. The van der Waals surface area contributed by atoms with Gasteiger partial charge >= 0.3 is 0 Å². The fourth-order valence-electron chi connectivity index (χ4n) is 2.35. The first-order chi connectivity index (χ1) is 8.30. The second kappa shape index (κ2) is 8.86. The van der Waals surface area contributed by atoms with Gasteiger partial charge in [-0.1, -0.05) is 0 Å². The predicted octanol–water partition coefficient (Wildman–Crippen LogP) is 1.93. The van der Waals surface area contributed by atoms with Crippen molar-refractivity contribution in [2.75, 3.05) is 26.9 Å². The van der Waals surface area contributed by atoms with Crippen LogP contribution >= 0.6 is 0 Å². The van der Waals surface area contributed by atoms with E-state index in [1.807, 2.05) is 13.8 Å². The topological polar surface area (TPSA) is 39.7 Å². The molecule has 2 unspecified atom stereocenters. The highest BCUT2D eigenvalue weighted by molar-refractivity contribution is 4.78. The Morgan fingerprint density at radius 2 is 1.88 bits per heavy atom. The lowest BCUT2D eigenvalue weighted by molar-refractivity contribution is -0.134. The lowest BCUT2D eigenvalue weighted by Crippen LogP contribution is -2.41. The van der Waals surface area contributed by atoms with Gasteiger partial charge in [-0.2, -0.15) is 0 Å². The van der Waals surface area contributed by atoms with Crippen LogP contribution in [0.15, 0.2) is 0 Å². The highest BCUT2D eigenvalue weighted by Gasteiger charge is 2.22. The summed E-state index contributed by atoms with van der Waals surface area (Å²) in [4.78, 5) is 0. The second-order valence-electron chi connectivity index (χ2n) is 4.47. The SMILES string of the molecule is CCOC(CNC1CCCC(OC)C1)OCC. The molecular formula is C13H27NO3. The first-order valence-electron chi connectivity index (χ1n) is 6.79. The Morgan fingerprint density at radius 1 is 1.18 bits per heavy atom. The van der Waals surface area contributed by atoms with Gasteiger partial charge in [0.05, 0.1) is 6.10 Å². The zero-order chi connectivity index (χ0) is 12.5. The van der Waals surface area contributed by atoms with Crippen molar-refractivity contribution in [1.82, 2.24) is 5.32 Å². The molecule has 1 fully saturated rings. The number of hydrogen-bond donors (Lipinski definition) is 1. The first kappa shape index (κ1) is 14.9. The van der Waals surface area contributed by atoms with Crippen molar-refractivity contribution in [2.24, 2.45) is 0 Å². The minimum absolute atomic E-state index is 0.118. The highest BCUT2D eigenvalue weighted by atomic mass is 16.7. The van der Waals surface area contributed by atoms with E-state index in [9.17, 15) is 0 Å². The van der Waals surface area contributed by atoms with E-state index in [-0.39, 0.29) is 6.29 Å². The third kappa shape index (κ3) is 5.82. The summed E-state index contributed by atoms with van der Waals surface area (Å²) in [7, 11) is 1.80. The van der Waals surface area contributed by atoms with Crippen LogP contribution in [0.1, 0.15) is 39.5 Å². The molecule has 0 spiro atoms. The van der Waals surface area contributed by atoms with E-state index in [4.69, 9.17) is 14.2 Å². The summed E-state index contributed by atoms with van der Waals surface area (Å²) in [5.74, 6) is 0. The Balaban J connectivity index is 2.22. The van der Waals surface area contributed by atoms with Gasteiger partial charge in [-0.25, -0.2) is 0 Å². The van der Waals surface area contributed by atoms with Crippen LogP contribution in [0.3, 0.4) is 0 Å². The van der Waals surface area contributed by atoms with E-state index in [0.717, 1.165) is 13.0 Å².